The number of nitrogens with one attached hydrogen (secondary N) is 2. The first kappa shape index (κ1) is 32.7. The molecule has 0 spiro atoms. The van der Waals surface area contributed by atoms with Crippen molar-refractivity contribution in [3.05, 3.63) is 106 Å². The molecule has 10 nitrogen and oxygen atoms in total. The van der Waals surface area contributed by atoms with E-state index in [0.717, 1.165) is 52.0 Å². The highest BCUT2D eigenvalue weighted by molar-refractivity contribution is 5.92. The van der Waals surface area contributed by atoms with E-state index in [9.17, 15) is 45.1 Å². The van der Waals surface area contributed by atoms with E-state index in [0.29, 0.717) is 11.6 Å². The molecule has 2 aromatic carbocycles. The van der Waals surface area contributed by atoms with Gasteiger partial charge >= 0.3 is 6.36 Å². The van der Waals surface area contributed by atoms with Gasteiger partial charge in [0.25, 0.3) is 11.5 Å². The van der Waals surface area contributed by atoms with Crippen LogP contribution < -0.4 is 20.9 Å². The molecule has 2 heterocycles. The van der Waals surface area contributed by atoms with Crippen LogP contribution in [0.15, 0.2) is 65.7 Å². The molecule has 0 fully saturated rings. The molecule has 4 aromatic rings. The third-order valence-electron chi connectivity index (χ3n) is 6.17. The van der Waals surface area contributed by atoms with Gasteiger partial charge in [-0.1, -0.05) is 23.4 Å². The van der Waals surface area contributed by atoms with Crippen molar-refractivity contribution in [3.8, 4) is 5.75 Å². The molecule has 0 aliphatic carbocycles. The molecule has 238 valence electrons. The molecule has 2 aromatic heterocycles. The maximum Gasteiger partial charge on any atom is 0.573 e. The summed E-state index contributed by atoms with van der Waals surface area (Å²) in [6.45, 7) is -0.791. The highest BCUT2D eigenvalue weighted by Gasteiger charge is 2.31. The number of carbonyl (C=O) groups excluding carboxylic acids is 2. The molecule has 0 saturated heterocycles. The van der Waals surface area contributed by atoms with E-state index in [1.54, 1.807) is 0 Å². The molecule has 2 amide bonds. The van der Waals surface area contributed by atoms with Crippen LogP contribution in [0.3, 0.4) is 0 Å². The Morgan fingerprint density at radius 1 is 1.04 bits per heavy atom. The van der Waals surface area contributed by atoms with Crippen molar-refractivity contribution in [2.75, 3.05) is 5.32 Å². The number of anilines is 1. The largest absolute Gasteiger partial charge is 0.573 e. The zero-order valence-corrected chi connectivity index (χ0v) is 23.0. The van der Waals surface area contributed by atoms with Crippen LogP contribution in [0.4, 0.5) is 36.4 Å². The van der Waals surface area contributed by atoms with E-state index in [4.69, 9.17) is 0 Å². The van der Waals surface area contributed by atoms with E-state index in [1.165, 1.54) is 12.1 Å². The second kappa shape index (κ2) is 14.0. The molecule has 17 heteroatoms. The Balaban J connectivity index is 1.26. The van der Waals surface area contributed by atoms with Gasteiger partial charge in [-0.15, -0.1) is 18.3 Å². The van der Waals surface area contributed by atoms with Crippen LogP contribution in [0.25, 0.3) is 0 Å². The average Bonchev–Trinajstić information content (AvgIpc) is 3.43. The van der Waals surface area contributed by atoms with Gasteiger partial charge < -0.3 is 19.9 Å². The third-order valence-corrected chi connectivity index (χ3v) is 6.17. The predicted molar refractivity (Wildman–Crippen MR) is 143 cm³/mol. The Bertz CT molecular complexity index is 1740. The molecule has 0 aliphatic heterocycles. The number of ether oxygens (including phenoxy) is 1. The lowest BCUT2D eigenvalue weighted by Crippen LogP contribution is -2.27. The van der Waals surface area contributed by atoms with Crippen LogP contribution in [0.2, 0.25) is 0 Å². The molecule has 0 radical (unpaired) electrons. The normalized spacial score (nSPS) is 12.1. The lowest BCUT2D eigenvalue weighted by atomic mass is 10.1. The minimum absolute atomic E-state index is 0.138. The Morgan fingerprint density at radius 2 is 1.82 bits per heavy atom. The van der Waals surface area contributed by atoms with Gasteiger partial charge in [-0.05, 0) is 41.8 Å². The average molecular weight is 641 g/mol. The van der Waals surface area contributed by atoms with Gasteiger partial charge in [0.05, 0.1) is 24.8 Å². The molecule has 0 aliphatic rings. The van der Waals surface area contributed by atoms with Crippen molar-refractivity contribution in [2.45, 2.75) is 45.0 Å². The maximum atomic E-state index is 14.7. The summed E-state index contributed by atoms with van der Waals surface area (Å²) >= 11 is 0. The zero-order valence-electron chi connectivity index (χ0n) is 23.0. The lowest BCUT2D eigenvalue weighted by Gasteiger charge is -2.12. The number of hydrogen-bond acceptors (Lipinski definition) is 6. The molecule has 0 saturated carbocycles. The summed E-state index contributed by atoms with van der Waals surface area (Å²) in [4.78, 5) is 36.9. The fourth-order valence-corrected chi connectivity index (χ4v) is 4.04. The smallest absolute Gasteiger partial charge is 0.406 e. The first-order chi connectivity index (χ1) is 21.3. The molecule has 0 bridgehead atoms. The zero-order chi connectivity index (χ0) is 32.7. The monoisotopic (exact) mass is 640 g/mol. The number of rotatable bonds is 12. The van der Waals surface area contributed by atoms with Crippen molar-refractivity contribution >= 4 is 17.5 Å². The van der Waals surface area contributed by atoms with Gasteiger partial charge in [-0.2, -0.15) is 4.39 Å². The number of alkyl halides is 4. The van der Waals surface area contributed by atoms with Crippen molar-refractivity contribution in [2.24, 2.45) is 0 Å². The number of carbonyl (C=O) groups is 2. The minimum atomic E-state index is -4.87. The number of benzene rings is 2. The summed E-state index contributed by atoms with van der Waals surface area (Å²) in [5.74, 6) is -5.16. The summed E-state index contributed by atoms with van der Waals surface area (Å²) < 4.78 is 99.0. The highest BCUT2D eigenvalue weighted by Crippen LogP contribution is 2.23. The molecular weight excluding hydrogens is 617 g/mol. The fourth-order valence-electron chi connectivity index (χ4n) is 4.04. The second-order valence-electron chi connectivity index (χ2n) is 9.59. The van der Waals surface area contributed by atoms with E-state index < -0.39 is 65.2 Å². The van der Waals surface area contributed by atoms with E-state index in [1.807, 2.05) is 0 Å². The summed E-state index contributed by atoms with van der Waals surface area (Å²) in [6.07, 6.45) is -5.02. The van der Waals surface area contributed by atoms with E-state index >= 15 is 0 Å². The summed E-state index contributed by atoms with van der Waals surface area (Å²) in [6, 6.07) is 8.66. The molecule has 1 unspecified atom stereocenters. The van der Waals surface area contributed by atoms with Crippen LogP contribution in [-0.2, 0) is 30.8 Å². The summed E-state index contributed by atoms with van der Waals surface area (Å²) in [5.41, 5.74) is -1.65. The van der Waals surface area contributed by atoms with Gasteiger partial charge in [0.2, 0.25) is 11.7 Å². The van der Waals surface area contributed by atoms with Crippen molar-refractivity contribution in [1.82, 2.24) is 24.9 Å². The predicted octanol–water partition coefficient (Wildman–Crippen LogP) is 4.30. The van der Waals surface area contributed by atoms with Gasteiger partial charge in [0.1, 0.15) is 23.6 Å². The number of hydrogen-bond donors (Lipinski definition) is 2. The Kier molecular flexibility index (Phi) is 10.2. The van der Waals surface area contributed by atoms with E-state index in [2.05, 4.69) is 25.7 Å². The summed E-state index contributed by atoms with van der Waals surface area (Å²) in [5, 5.41) is 11.9. The van der Waals surface area contributed by atoms with Crippen LogP contribution >= 0.6 is 0 Å². The van der Waals surface area contributed by atoms with Gasteiger partial charge in [0, 0.05) is 25.4 Å². The highest BCUT2D eigenvalue weighted by atomic mass is 19.4. The number of pyridine rings is 1. The second-order valence-corrected chi connectivity index (χ2v) is 9.59. The standard InChI is InChI=1S/C28H23F7N6O4/c29-18-5-4-17(21(31)12-18)11-24(42)37-22-7-9-40(27(44)25(22)32)8-6-19(30)14-41-15-23(38-39-41)26(43)36-13-16-2-1-3-20(10-16)45-28(33,34)35/h1-5,7,9-10,12,15,19H,6,8,11,13-14H2,(H,36,43)(H,37,42). The topological polar surface area (TPSA) is 120 Å². The Labute approximate surface area is 249 Å². The molecule has 1 atom stereocenters. The van der Waals surface area contributed by atoms with Gasteiger partial charge in [-0.3, -0.25) is 14.4 Å². The number of halogens is 7. The van der Waals surface area contributed by atoms with Crippen molar-refractivity contribution in [3.63, 3.8) is 0 Å². The molecular formula is C28H23F7N6O4. The number of aromatic nitrogens is 4. The maximum absolute atomic E-state index is 14.7. The van der Waals surface area contributed by atoms with Crippen LogP contribution in [0.1, 0.15) is 28.0 Å². The Morgan fingerprint density at radius 3 is 2.56 bits per heavy atom. The summed E-state index contributed by atoms with van der Waals surface area (Å²) in [7, 11) is 0. The van der Waals surface area contributed by atoms with Crippen LogP contribution in [0.5, 0.6) is 5.75 Å². The van der Waals surface area contributed by atoms with Crippen LogP contribution in [0, 0.1) is 17.5 Å². The molecule has 2 N–H and O–H groups in total. The molecule has 45 heavy (non-hydrogen) atoms. The SMILES string of the molecule is O=C(Cc1ccc(F)cc1F)Nc1ccn(CCC(F)Cn2cc(C(=O)NCc3cccc(OC(F)(F)F)c3)nn2)c(=O)c1F. The lowest BCUT2D eigenvalue weighted by molar-refractivity contribution is -0.274. The van der Waals surface area contributed by atoms with Gasteiger partial charge in [-0.25, -0.2) is 17.9 Å². The third kappa shape index (κ3) is 9.38. The van der Waals surface area contributed by atoms with Gasteiger partial charge in [0.15, 0.2) is 5.69 Å². The number of aryl methyl sites for hydroxylation is 1. The fraction of sp³-hybridized carbons (Fsp3) is 0.250. The van der Waals surface area contributed by atoms with E-state index in [-0.39, 0.29) is 37.3 Å². The van der Waals surface area contributed by atoms with Crippen LogP contribution in [-0.4, -0.2) is 43.9 Å². The quantitative estimate of drug-likeness (QED) is 0.223. The number of amides is 2. The molecule has 4 rings (SSSR count). The van der Waals surface area contributed by atoms with Crippen molar-refractivity contribution < 1.29 is 45.1 Å². The number of nitrogens with zero attached hydrogens (tertiary/aromatic N) is 4. The first-order valence-electron chi connectivity index (χ1n) is 13.1. The minimum Gasteiger partial charge on any atom is -0.406 e. The first-order valence-corrected chi connectivity index (χ1v) is 13.1. The van der Waals surface area contributed by atoms with Crippen molar-refractivity contribution in [1.29, 1.82) is 0 Å². The Hall–Kier alpha value is -5.22.